The Bertz CT molecular complexity index is 655. The molecule has 0 N–H and O–H groups in total. The minimum Gasteiger partial charge on any atom is -0.232 e. The summed E-state index contributed by atoms with van der Waals surface area (Å²) in [6, 6.07) is 10.8. The van der Waals surface area contributed by atoms with Gasteiger partial charge in [0.25, 0.3) is 0 Å². The van der Waals surface area contributed by atoms with E-state index in [1.165, 1.54) is 30.4 Å². The van der Waals surface area contributed by atoms with E-state index in [1.54, 1.807) is 0 Å². The average molecular weight is 345 g/mol. The fourth-order valence-corrected chi connectivity index (χ4v) is 2.98. The first kappa shape index (κ1) is 14.7. The second-order valence-corrected chi connectivity index (χ2v) is 7.72. The molecule has 21 heavy (non-hydrogen) atoms. The van der Waals surface area contributed by atoms with Crippen molar-refractivity contribution in [3.8, 4) is 11.3 Å². The Hall–Kier alpha value is -1.22. The maximum atomic E-state index is 4.78. The minimum atomic E-state index is -0.0515. The highest BCUT2D eigenvalue weighted by atomic mass is 79.9. The highest BCUT2D eigenvalue weighted by Crippen LogP contribution is 2.37. The quantitative estimate of drug-likeness (QED) is 0.675. The Kier molecular flexibility index (Phi) is 3.87. The van der Waals surface area contributed by atoms with Crippen molar-refractivity contribution in [3.63, 3.8) is 0 Å². The van der Waals surface area contributed by atoms with Crippen LogP contribution >= 0.6 is 15.9 Å². The van der Waals surface area contributed by atoms with Crippen LogP contribution in [0.4, 0.5) is 0 Å². The molecule has 1 aromatic carbocycles. The van der Waals surface area contributed by atoms with Gasteiger partial charge in [-0.3, -0.25) is 0 Å². The molecule has 0 amide bonds. The zero-order chi connectivity index (χ0) is 15.0. The number of hydrogen-bond acceptors (Lipinski definition) is 2. The van der Waals surface area contributed by atoms with Crippen LogP contribution in [0, 0.1) is 0 Å². The Balaban J connectivity index is 2.01. The number of halogens is 1. The van der Waals surface area contributed by atoms with Crippen molar-refractivity contribution in [3.05, 3.63) is 46.3 Å². The molecule has 2 nitrogen and oxygen atoms in total. The molecule has 0 radical (unpaired) electrons. The monoisotopic (exact) mass is 344 g/mol. The fourth-order valence-electron chi connectivity index (χ4n) is 2.59. The van der Waals surface area contributed by atoms with Crippen LogP contribution in [-0.4, -0.2) is 9.97 Å². The second-order valence-electron chi connectivity index (χ2n) is 6.90. The van der Waals surface area contributed by atoms with Gasteiger partial charge in [-0.05, 0) is 52.4 Å². The summed E-state index contributed by atoms with van der Waals surface area (Å²) in [4.78, 5) is 9.30. The minimum absolute atomic E-state index is 0.0515. The number of nitrogens with zero attached hydrogens (tertiary/aromatic N) is 2. The van der Waals surface area contributed by atoms with Crippen molar-refractivity contribution in [2.45, 2.75) is 51.4 Å². The number of rotatable bonds is 2. The van der Waals surface area contributed by atoms with E-state index in [9.17, 15) is 0 Å². The van der Waals surface area contributed by atoms with E-state index in [2.05, 4.69) is 66.0 Å². The molecule has 0 aliphatic heterocycles. The standard InChI is InChI=1S/C18H21BrN2/c1-18(2,3)17-20-15(11-16(19)21-17)14-9-5-8-13(10-14)12-6-4-7-12/h5,8-12H,4,6-7H2,1-3H3. The average Bonchev–Trinajstić information content (AvgIpc) is 2.35. The molecule has 0 saturated heterocycles. The van der Waals surface area contributed by atoms with Gasteiger partial charge < -0.3 is 0 Å². The Morgan fingerprint density at radius 1 is 1.10 bits per heavy atom. The van der Waals surface area contributed by atoms with Gasteiger partial charge in [-0.25, -0.2) is 9.97 Å². The topological polar surface area (TPSA) is 25.8 Å². The SMILES string of the molecule is CC(C)(C)c1nc(Br)cc(-c2cccc(C3CCC3)c2)n1. The van der Waals surface area contributed by atoms with Gasteiger partial charge in [-0.15, -0.1) is 0 Å². The van der Waals surface area contributed by atoms with Gasteiger partial charge in [0.1, 0.15) is 10.4 Å². The Morgan fingerprint density at radius 2 is 1.86 bits per heavy atom. The molecule has 0 bridgehead atoms. The largest absolute Gasteiger partial charge is 0.232 e. The molecule has 2 aromatic rings. The van der Waals surface area contributed by atoms with Crippen LogP contribution in [0.25, 0.3) is 11.3 Å². The van der Waals surface area contributed by atoms with Gasteiger partial charge in [-0.2, -0.15) is 0 Å². The van der Waals surface area contributed by atoms with Crippen molar-refractivity contribution < 1.29 is 0 Å². The molecule has 1 fully saturated rings. The first-order valence-electron chi connectivity index (χ1n) is 7.59. The summed E-state index contributed by atoms with van der Waals surface area (Å²) in [5.74, 6) is 1.62. The molecule has 0 atom stereocenters. The maximum Gasteiger partial charge on any atom is 0.135 e. The lowest BCUT2D eigenvalue weighted by Crippen LogP contribution is -2.16. The summed E-state index contributed by atoms with van der Waals surface area (Å²) < 4.78 is 0.853. The van der Waals surface area contributed by atoms with Crippen LogP contribution in [-0.2, 0) is 5.41 Å². The van der Waals surface area contributed by atoms with E-state index < -0.39 is 0 Å². The molecule has 0 unspecified atom stereocenters. The zero-order valence-corrected chi connectivity index (χ0v) is 14.4. The molecular weight excluding hydrogens is 324 g/mol. The molecule has 1 saturated carbocycles. The van der Waals surface area contributed by atoms with Gasteiger partial charge >= 0.3 is 0 Å². The highest BCUT2D eigenvalue weighted by Gasteiger charge is 2.21. The first-order chi connectivity index (χ1) is 9.93. The van der Waals surface area contributed by atoms with Crippen LogP contribution < -0.4 is 0 Å². The van der Waals surface area contributed by atoms with Crippen molar-refractivity contribution in [2.24, 2.45) is 0 Å². The lowest BCUT2D eigenvalue weighted by atomic mass is 9.79. The van der Waals surface area contributed by atoms with Crippen molar-refractivity contribution >= 4 is 15.9 Å². The summed E-state index contributed by atoms with van der Waals surface area (Å²) in [7, 11) is 0. The third kappa shape index (κ3) is 3.18. The third-order valence-electron chi connectivity index (χ3n) is 4.12. The lowest BCUT2D eigenvalue weighted by molar-refractivity contribution is 0.420. The molecule has 110 valence electrons. The van der Waals surface area contributed by atoms with E-state index in [-0.39, 0.29) is 5.41 Å². The zero-order valence-electron chi connectivity index (χ0n) is 12.9. The first-order valence-corrected chi connectivity index (χ1v) is 8.38. The van der Waals surface area contributed by atoms with E-state index in [4.69, 9.17) is 4.98 Å². The summed E-state index contributed by atoms with van der Waals surface area (Å²) in [6.45, 7) is 6.43. The summed E-state index contributed by atoms with van der Waals surface area (Å²) in [5, 5.41) is 0. The molecule has 3 rings (SSSR count). The van der Waals surface area contributed by atoms with Crippen LogP contribution in [0.5, 0.6) is 0 Å². The second kappa shape index (κ2) is 5.53. The normalized spacial score (nSPS) is 15.8. The van der Waals surface area contributed by atoms with E-state index in [1.807, 2.05) is 6.07 Å². The molecule has 3 heteroatoms. The summed E-state index contributed by atoms with van der Waals surface area (Å²) >= 11 is 3.52. The molecular formula is C18H21BrN2. The highest BCUT2D eigenvalue weighted by molar-refractivity contribution is 9.10. The molecule has 1 aromatic heterocycles. The van der Waals surface area contributed by atoms with Gasteiger partial charge in [-0.1, -0.05) is 45.4 Å². The van der Waals surface area contributed by atoms with Gasteiger partial charge in [0.15, 0.2) is 0 Å². The smallest absolute Gasteiger partial charge is 0.135 e. The third-order valence-corrected chi connectivity index (χ3v) is 4.53. The van der Waals surface area contributed by atoms with Crippen molar-refractivity contribution in [1.29, 1.82) is 0 Å². The van der Waals surface area contributed by atoms with E-state index in [0.717, 1.165) is 22.0 Å². The van der Waals surface area contributed by atoms with Crippen LogP contribution in [0.2, 0.25) is 0 Å². The predicted molar refractivity (Wildman–Crippen MR) is 90.5 cm³/mol. The van der Waals surface area contributed by atoms with Gasteiger partial charge in [0.05, 0.1) is 5.69 Å². The van der Waals surface area contributed by atoms with E-state index in [0.29, 0.717) is 0 Å². The number of aromatic nitrogens is 2. The fraction of sp³-hybridized carbons (Fsp3) is 0.444. The van der Waals surface area contributed by atoms with Gasteiger partial charge in [0.2, 0.25) is 0 Å². The number of hydrogen-bond donors (Lipinski definition) is 0. The molecule has 1 heterocycles. The molecule has 1 aliphatic carbocycles. The predicted octanol–water partition coefficient (Wildman–Crippen LogP) is 5.47. The van der Waals surface area contributed by atoms with E-state index >= 15 is 0 Å². The Labute approximate surface area is 135 Å². The summed E-state index contributed by atoms with van der Waals surface area (Å²) in [6.07, 6.45) is 4.01. The van der Waals surface area contributed by atoms with Crippen LogP contribution in [0.1, 0.15) is 57.3 Å². The van der Waals surface area contributed by atoms with Gasteiger partial charge in [0, 0.05) is 11.0 Å². The Morgan fingerprint density at radius 3 is 2.48 bits per heavy atom. The van der Waals surface area contributed by atoms with Crippen LogP contribution in [0.3, 0.4) is 0 Å². The maximum absolute atomic E-state index is 4.78. The molecule has 1 aliphatic rings. The molecule has 0 spiro atoms. The van der Waals surface area contributed by atoms with Crippen molar-refractivity contribution in [1.82, 2.24) is 9.97 Å². The lowest BCUT2D eigenvalue weighted by Gasteiger charge is -2.26. The van der Waals surface area contributed by atoms with Crippen molar-refractivity contribution in [2.75, 3.05) is 0 Å². The number of benzene rings is 1. The van der Waals surface area contributed by atoms with Crippen LogP contribution in [0.15, 0.2) is 34.9 Å². The summed E-state index contributed by atoms with van der Waals surface area (Å²) in [5.41, 5.74) is 3.59.